The van der Waals surface area contributed by atoms with Gasteiger partial charge in [-0.1, -0.05) is 12.1 Å². The number of benzene rings is 1. The minimum Gasteiger partial charge on any atom is -0.381 e. The summed E-state index contributed by atoms with van der Waals surface area (Å²) in [5, 5.41) is 3.52. The Morgan fingerprint density at radius 3 is 3.05 bits per heavy atom. The van der Waals surface area contributed by atoms with Crippen molar-refractivity contribution in [1.29, 1.82) is 0 Å². The fraction of sp³-hybridized carbons (Fsp3) is 0.556. The van der Waals surface area contributed by atoms with Gasteiger partial charge < -0.3 is 14.2 Å². The molecule has 2 heterocycles. The Kier molecular flexibility index (Phi) is 6.25. The second-order valence-corrected chi connectivity index (χ2v) is 6.58. The topological polar surface area (TPSA) is 27.7 Å². The Balaban J connectivity index is 1.28. The van der Waals surface area contributed by atoms with Crippen molar-refractivity contribution in [1.82, 2.24) is 0 Å². The van der Waals surface area contributed by atoms with Crippen LogP contribution in [0.5, 0.6) is 0 Å². The van der Waals surface area contributed by atoms with Crippen LogP contribution in [0.4, 0.5) is 0 Å². The van der Waals surface area contributed by atoms with Crippen molar-refractivity contribution in [3.8, 4) is 0 Å². The molecule has 0 radical (unpaired) electrons. The highest BCUT2D eigenvalue weighted by Crippen LogP contribution is 2.24. The lowest BCUT2D eigenvalue weighted by Crippen LogP contribution is -2.23. The van der Waals surface area contributed by atoms with Crippen LogP contribution in [-0.2, 0) is 20.6 Å². The van der Waals surface area contributed by atoms with E-state index >= 15 is 0 Å². The third-order valence-electron chi connectivity index (χ3n) is 3.98. The quantitative estimate of drug-likeness (QED) is 0.675. The second-order valence-electron chi connectivity index (χ2n) is 5.63. The van der Waals surface area contributed by atoms with E-state index < -0.39 is 0 Å². The van der Waals surface area contributed by atoms with Crippen LogP contribution in [0, 0.1) is 0 Å². The Morgan fingerprint density at radius 1 is 1.14 bits per heavy atom. The molecule has 0 amide bonds. The molecule has 2 aromatic rings. The van der Waals surface area contributed by atoms with E-state index in [-0.39, 0.29) is 6.29 Å². The molecule has 1 aromatic heterocycles. The fourth-order valence-electron chi connectivity index (χ4n) is 2.78. The van der Waals surface area contributed by atoms with Crippen LogP contribution in [0.3, 0.4) is 0 Å². The first-order valence-electron chi connectivity index (χ1n) is 8.19. The van der Waals surface area contributed by atoms with Crippen molar-refractivity contribution in [3.05, 3.63) is 35.2 Å². The van der Waals surface area contributed by atoms with Gasteiger partial charge in [-0.3, -0.25) is 0 Å². The number of thiophene rings is 1. The van der Waals surface area contributed by atoms with Gasteiger partial charge in [0.1, 0.15) is 0 Å². The predicted octanol–water partition coefficient (Wildman–Crippen LogP) is 4.39. The molecular formula is C18H24O3S. The summed E-state index contributed by atoms with van der Waals surface area (Å²) in [6.07, 6.45) is 5.34. The van der Waals surface area contributed by atoms with E-state index in [1.54, 1.807) is 11.3 Å². The minimum atomic E-state index is 0.0185. The van der Waals surface area contributed by atoms with Crippen molar-refractivity contribution in [2.45, 2.75) is 38.4 Å². The Bertz CT molecular complexity index is 560. The van der Waals surface area contributed by atoms with Crippen LogP contribution in [0.1, 0.15) is 31.2 Å². The Hall–Kier alpha value is -0.940. The van der Waals surface area contributed by atoms with Crippen LogP contribution in [0.15, 0.2) is 29.6 Å². The van der Waals surface area contributed by atoms with E-state index in [1.165, 1.54) is 28.5 Å². The predicted molar refractivity (Wildman–Crippen MR) is 90.5 cm³/mol. The van der Waals surface area contributed by atoms with Crippen molar-refractivity contribution >= 4 is 21.4 Å². The average Bonchev–Trinajstić information content (AvgIpc) is 3.04. The molecule has 0 bridgehead atoms. The van der Waals surface area contributed by atoms with E-state index in [4.69, 9.17) is 14.2 Å². The van der Waals surface area contributed by atoms with Gasteiger partial charge in [0.2, 0.25) is 0 Å². The number of hydrogen-bond acceptors (Lipinski definition) is 4. The molecule has 0 aliphatic carbocycles. The molecule has 1 aliphatic rings. The van der Waals surface area contributed by atoms with E-state index in [0.29, 0.717) is 0 Å². The maximum atomic E-state index is 5.74. The lowest BCUT2D eigenvalue weighted by atomic mass is 10.1. The number of ether oxygens (including phenoxy) is 3. The highest BCUT2D eigenvalue weighted by molar-refractivity contribution is 7.17. The normalized spacial score (nSPS) is 18.8. The number of rotatable bonds is 8. The van der Waals surface area contributed by atoms with E-state index in [1.807, 2.05) is 0 Å². The monoisotopic (exact) mass is 320 g/mol. The number of hydrogen-bond donors (Lipinski definition) is 0. The summed E-state index contributed by atoms with van der Waals surface area (Å²) in [6.45, 7) is 3.10. The number of fused-ring (bicyclic) bond motifs is 1. The smallest absolute Gasteiger partial charge is 0.157 e. The van der Waals surface area contributed by atoms with Gasteiger partial charge in [0, 0.05) is 17.9 Å². The third-order valence-corrected chi connectivity index (χ3v) is 4.86. The van der Waals surface area contributed by atoms with Gasteiger partial charge in [-0.15, -0.1) is 11.3 Å². The van der Waals surface area contributed by atoms with Crippen molar-refractivity contribution in [3.63, 3.8) is 0 Å². The SMILES string of the molecule is c1cc(CCOCCCOC2CCCCO2)c2ccsc2c1. The first kappa shape index (κ1) is 15.9. The van der Waals surface area contributed by atoms with Crippen molar-refractivity contribution in [2.24, 2.45) is 0 Å². The standard InChI is InChI=1S/C18H24O3S/c1-2-11-20-18(7-1)21-12-4-10-19-13-8-15-5-3-6-17-16(15)9-14-22-17/h3,5-6,9,14,18H,1-2,4,7-8,10-13H2. The van der Waals surface area contributed by atoms with Crippen LogP contribution < -0.4 is 0 Å². The first-order valence-corrected chi connectivity index (χ1v) is 9.07. The summed E-state index contributed by atoms with van der Waals surface area (Å²) in [4.78, 5) is 0. The fourth-order valence-corrected chi connectivity index (χ4v) is 3.61. The van der Waals surface area contributed by atoms with Gasteiger partial charge in [-0.25, -0.2) is 0 Å². The molecule has 1 unspecified atom stereocenters. The zero-order valence-electron chi connectivity index (χ0n) is 13.0. The van der Waals surface area contributed by atoms with Crippen LogP contribution in [-0.4, -0.2) is 32.7 Å². The molecule has 0 spiro atoms. The second kappa shape index (κ2) is 8.63. The molecule has 3 nitrogen and oxygen atoms in total. The van der Waals surface area contributed by atoms with Crippen molar-refractivity contribution in [2.75, 3.05) is 26.4 Å². The molecule has 0 saturated carbocycles. The summed E-state index contributed by atoms with van der Waals surface area (Å²) in [6, 6.07) is 8.70. The molecule has 1 saturated heterocycles. The van der Waals surface area contributed by atoms with Gasteiger partial charge in [0.05, 0.1) is 13.2 Å². The van der Waals surface area contributed by atoms with Crippen LogP contribution >= 0.6 is 11.3 Å². The lowest BCUT2D eigenvalue weighted by Gasteiger charge is -2.22. The maximum absolute atomic E-state index is 5.74. The molecule has 3 rings (SSSR count). The molecule has 22 heavy (non-hydrogen) atoms. The highest BCUT2D eigenvalue weighted by atomic mass is 32.1. The van der Waals surface area contributed by atoms with E-state index in [0.717, 1.165) is 45.7 Å². The summed E-state index contributed by atoms with van der Waals surface area (Å²) < 4.78 is 18.3. The van der Waals surface area contributed by atoms with Gasteiger partial charge in [-0.05, 0) is 60.6 Å². The largest absolute Gasteiger partial charge is 0.381 e. The zero-order chi connectivity index (χ0) is 15.0. The molecule has 120 valence electrons. The van der Waals surface area contributed by atoms with Crippen LogP contribution in [0.2, 0.25) is 0 Å². The molecule has 1 atom stereocenters. The molecular weight excluding hydrogens is 296 g/mol. The molecule has 1 aromatic carbocycles. The molecule has 1 aliphatic heterocycles. The summed E-state index contributed by atoms with van der Waals surface area (Å²) >= 11 is 1.80. The Morgan fingerprint density at radius 2 is 2.14 bits per heavy atom. The summed E-state index contributed by atoms with van der Waals surface area (Å²) in [5.74, 6) is 0. The van der Waals surface area contributed by atoms with E-state index in [2.05, 4.69) is 29.6 Å². The Labute approximate surface area is 136 Å². The average molecular weight is 320 g/mol. The zero-order valence-corrected chi connectivity index (χ0v) is 13.8. The highest BCUT2D eigenvalue weighted by Gasteiger charge is 2.13. The van der Waals surface area contributed by atoms with Gasteiger partial charge >= 0.3 is 0 Å². The summed E-state index contributed by atoms with van der Waals surface area (Å²) in [7, 11) is 0. The molecule has 0 N–H and O–H groups in total. The van der Waals surface area contributed by atoms with Crippen molar-refractivity contribution < 1.29 is 14.2 Å². The minimum absolute atomic E-state index is 0.0185. The molecule has 4 heteroatoms. The van der Waals surface area contributed by atoms with Gasteiger partial charge in [0.15, 0.2) is 6.29 Å². The maximum Gasteiger partial charge on any atom is 0.157 e. The lowest BCUT2D eigenvalue weighted by molar-refractivity contribution is -0.164. The van der Waals surface area contributed by atoms with Gasteiger partial charge in [-0.2, -0.15) is 0 Å². The first-order chi connectivity index (χ1) is 10.9. The van der Waals surface area contributed by atoms with E-state index in [9.17, 15) is 0 Å². The molecule has 1 fully saturated rings. The van der Waals surface area contributed by atoms with Crippen LogP contribution in [0.25, 0.3) is 10.1 Å². The van der Waals surface area contributed by atoms with Gasteiger partial charge in [0.25, 0.3) is 0 Å². The summed E-state index contributed by atoms with van der Waals surface area (Å²) in [5.41, 5.74) is 1.38. The third kappa shape index (κ3) is 4.53.